The minimum Gasteiger partial charge on any atom is -0.478 e. The first kappa shape index (κ1) is 26.6. The van der Waals surface area contributed by atoms with E-state index < -0.39 is 17.7 Å². The molecule has 1 aromatic heterocycles. The molecular formula is C29H28ClF3N2O2. The molecule has 1 atom stereocenters. The average Bonchev–Trinajstić information content (AvgIpc) is 3.22. The summed E-state index contributed by atoms with van der Waals surface area (Å²) in [6.07, 6.45) is -0.121. The first-order valence-corrected chi connectivity index (χ1v) is 12.6. The molecule has 1 unspecified atom stereocenters. The van der Waals surface area contributed by atoms with Gasteiger partial charge in [-0.15, -0.1) is 0 Å². The third kappa shape index (κ3) is 6.46. The molecule has 0 spiro atoms. The Morgan fingerprint density at radius 1 is 1.03 bits per heavy atom. The summed E-state index contributed by atoms with van der Waals surface area (Å²) in [4.78, 5) is 11.1. The van der Waals surface area contributed by atoms with Crippen molar-refractivity contribution in [1.82, 2.24) is 4.57 Å². The van der Waals surface area contributed by atoms with Gasteiger partial charge in [-0.05, 0) is 92.4 Å². The van der Waals surface area contributed by atoms with Crippen LogP contribution in [0.3, 0.4) is 0 Å². The Balaban J connectivity index is 1.47. The molecule has 8 heteroatoms. The second kappa shape index (κ2) is 11.3. The van der Waals surface area contributed by atoms with Crippen LogP contribution in [0.15, 0.2) is 72.8 Å². The first-order valence-electron chi connectivity index (χ1n) is 12.2. The molecular weight excluding hydrogens is 501 g/mol. The monoisotopic (exact) mass is 528 g/mol. The lowest BCUT2D eigenvalue weighted by molar-refractivity contribution is -0.137. The van der Waals surface area contributed by atoms with Crippen LogP contribution in [0, 0.1) is 0 Å². The van der Waals surface area contributed by atoms with Crippen LogP contribution >= 0.6 is 11.6 Å². The summed E-state index contributed by atoms with van der Waals surface area (Å²) in [7, 11) is 0. The number of aromatic nitrogens is 1. The molecule has 4 rings (SSSR count). The molecule has 1 heterocycles. The van der Waals surface area contributed by atoms with Crippen molar-refractivity contribution in [3.8, 4) is 5.69 Å². The Morgan fingerprint density at radius 3 is 2.46 bits per heavy atom. The van der Waals surface area contributed by atoms with Crippen LogP contribution in [0.25, 0.3) is 16.6 Å². The maximum absolute atomic E-state index is 13.4. The second-order valence-electron chi connectivity index (χ2n) is 9.10. The first-order chi connectivity index (χ1) is 17.7. The molecule has 194 valence electrons. The van der Waals surface area contributed by atoms with Crippen LogP contribution in [0.1, 0.15) is 54.2 Å². The molecule has 0 aliphatic rings. The highest BCUT2D eigenvalue weighted by Gasteiger charge is 2.30. The number of halogens is 4. The normalized spacial score (nSPS) is 12.6. The van der Waals surface area contributed by atoms with Crippen molar-refractivity contribution >= 4 is 34.2 Å². The predicted octanol–water partition coefficient (Wildman–Crippen LogP) is 8.60. The summed E-state index contributed by atoms with van der Waals surface area (Å²) >= 11 is 6.19. The molecule has 0 bridgehead atoms. The number of aromatic carboxylic acids is 1. The van der Waals surface area contributed by atoms with Crippen LogP contribution in [0.5, 0.6) is 0 Å². The van der Waals surface area contributed by atoms with Gasteiger partial charge in [0.2, 0.25) is 0 Å². The molecule has 0 aliphatic carbocycles. The fourth-order valence-electron chi connectivity index (χ4n) is 4.57. The number of carbonyl (C=O) groups is 1. The van der Waals surface area contributed by atoms with Crippen molar-refractivity contribution in [2.24, 2.45) is 0 Å². The topological polar surface area (TPSA) is 54.3 Å². The van der Waals surface area contributed by atoms with Gasteiger partial charge in [0.05, 0.1) is 16.6 Å². The van der Waals surface area contributed by atoms with Gasteiger partial charge in [0.15, 0.2) is 0 Å². The molecule has 0 fully saturated rings. The SMILES string of the molecule is CCC(CCCCc1cc2cc(Cl)ccc2n1-c1cccc(C(F)(F)F)c1)Nc1ccc(C(=O)O)cc1. The quantitative estimate of drug-likeness (QED) is 0.203. The molecule has 3 aromatic carbocycles. The van der Waals surface area contributed by atoms with Gasteiger partial charge in [0.25, 0.3) is 0 Å². The number of anilines is 1. The fourth-order valence-corrected chi connectivity index (χ4v) is 4.75. The van der Waals surface area contributed by atoms with E-state index in [9.17, 15) is 18.0 Å². The molecule has 4 nitrogen and oxygen atoms in total. The second-order valence-corrected chi connectivity index (χ2v) is 9.54. The van der Waals surface area contributed by atoms with Crippen LogP contribution in [-0.4, -0.2) is 21.7 Å². The summed E-state index contributed by atoms with van der Waals surface area (Å²) in [6.45, 7) is 2.10. The number of aryl methyl sites for hydroxylation is 1. The van der Waals surface area contributed by atoms with Crippen molar-refractivity contribution in [3.05, 3.63) is 94.6 Å². The molecule has 0 saturated heterocycles. The number of benzene rings is 3. The zero-order chi connectivity index (χ0) is 26.6. The van der Waals surface area contributed by atoms with E-state index in [1.165, 1.54) is 12.1 Å². The number of unbranched alkanes of at least 4 members (excludes halogenated alkanes) is 1. The molecule has 4 aromatic rings. The molecule has 0 saturated carbocycles. The molecule has 2 N–H and O–H groups in total. The van der Waals surface area contributed by atoms with Gasteiger partial charge in [-0.2, -0.15) is 13.2 Å². The lowest BCUT2D eigenvalue weighted by Gasteiger charge is -2.18. The number of fused-ring (bicyclic) bond motifs is 1. The van der Waals surface area contributed by atoms with Gasteiger partial charge < -0.3 is 15.0 Å². The van der Waals surface area contributed by atoms with Crippen LogP contribution in [0.2, 0.25) is 5.02 Å². The highest BCUT2D eigenvalue weighted by atomic mass is 35.5. The Morgan fingerprint density at radius 2 is 1.78 bits per heavy atom. The molecule has 0 aliphatic heterocycles. The predicted molar refractivity (Wildman–Crippen MR) is 142 cm³/mol. The Hall–Kier alpha value is -3.45. The molecule has 0 radical (unpaired) electrons. The van der Waals surface area contributed by atoms with Gasteiger partial charge in [-0.3, -0.25) is 0 Å². The Kier molecular flexibility index (Phi) is 8.13. The fraction of sp³-hybridized carbons (Fsp3) is 0.276. The minimum atomic E-state index is -4.42. The van der Waals surface area contributed by atoms with E-state index in [1.54, 1.807) is 36.4 Å². The lowest BCUT2D eigenvalue weighted by Crippen LogP contribution is -2.18. The third-order valence-corrected chi connectivity index (χ3v) is 6.74. The van der Waals surface area contributed by atoms with E-state index >= 15 is 0 Å². The van der Waals surface area contributed by atoms with Crippen molar-refractivity contribution in [2.45, 2.75) is 51.2 Å². The summed E-state index contributed by atoms with van der Waals surface area (Å²) in [5.74, 6) is -0.955. The number of rotatable bonds is 10. The molecule has 37 heavy (non-hydrogen) atoms. The van der Waals surface area contributed by atoms with Crippen LogP contribution in [0.4, 0.5) is 18.9 Å². The largest absolute Gasteiger partial charge is 0.478 e. The lowest BCUT2D eigenvalue weighted by atomic mass is 10.0. The number of nitrogens with one attached hydrogen (secondary N) is 1. The van der Waals surface area contributed by atoms with Crippen molar-refractivity contribution in [2.75, 3.05) is 5.32 Å². The van der Waals surface area contributed by atoms with Gasteiger partial charge in [0, 0.05) is 33.5 Å². The third-order valence-electron chi connectivity index (χ3n) is 6.50. The smallest absolute Gasteiger partial charge is 0.416 e. The Labute approximate surface area is 218 Å². The number of hydrogen-bond acceptors (Lipinski definition) is 2. The van der Waals surface area contributed by atoms with Crippen molar-refractivity contribution < 1.29 is 23.1 Å². The molecule has 0 amide bonds. The van der Waals surface area contributed by atoms with E-state index in [0.717, 1.165) is 54.0 Å². The number of alkyl halides is 3. The maximum atomic E-state index is 13.4. The summed E-state index contributed by atoms with van der Waals surface area (Å²) in [6, 6.07) is 19.7. The number of nitrogens with zero attached hydrogens (tertiary/aromatic N) is 1. The van der Waals surface area contributed by atoms with Crippen molar-refractivity contribution in [3.63, 3.8) is 0 Å². The van der Waals surface area contributed by atoms with E-state index in [2.05, 4.69) is 12.2 Å². The van der Waals surface area contributed by atoms with Gasteiger partial charge in [-0.25, -0.2) is 4.79 Å². The van der Waals surface area contributed by atoms with Crippen molar-refractivity contribution in [1.29, 1.82) is 0 Å². The summed E-state index contributed by atoms with van der Waals surface area (Å²) in [5.41, 5.74) is 2.66. The number of carboxylic acids is 1. The Bertz CT molecular complexity index is 1380. The van der Waals surface area contributed by atoms with Gasteiger partial charge in [0.1, 0.15) is 0 Å². The van der Waals surface area contributed by atoms with E-state index in [-0.39, 0.29) is 11.6 Å². The summed E-state index contributed by atoms with van der Waals surface area (Å²) < 4.78 is 42.1. The van der Waals surface area contributed by atoms with Crippen LogP contribution < -0.4 is 5.32 Å². The van der Waals surface area contributed by atoms with Gasteiger partial charge >= 0.3 is 12.1 Å². The maximum Gasteiger partial charge on any atom is 0.416 e. The average molecular weight is 529 g/mol. The zero-order valence-electron chi connectivity index (χ0n) is 20.4. The van der Waals surface area contributed by atoms with Gasteiger partial charge in [-0.1, -0.05) is 31.0 Å². The minimum absolute atomic E-state index is 0.226. The standard InChI is InChI=1S/C29H28ClF3N2O2/c1-2-23(34-24-13-10-19(11-14-24)28(36)37)7-3-4-8-25-17-20-16-22(30)12-15-27(20)35(25)26-9-5-6-21(18-26)29(31,32)33/h5-6,9-18,23,34H,2-4,7-8H2,1H3,(H,36,37). The highest BCUT2D eigenvalue weighted by Crippen LogP contribution is 2.33. The zero-order valence-corrected chi connectivity index (χ0v) is 21.1. The van der Waals surface area contributed by atoms with E-state index in [0.29, 0.717) is 17.1 Å². The van der Waals surface area contributed by atoms with E-state index in [4.69, 9.17) is 16.7 Å². The van der Waals surface area contributed by atoms with E-state index in [1.807, 2.05) is 22.8 Å². The van der Waals surface area contributed by atoms with Crippen LogP contribution in [-0.2, 0) is 12.6 Å². The summed E-state index contributed by atoms with van der Waals surface area (Å²) in [5, 5.41) is 14.0. The number of carboxylic acid groups (broad SMARTS) is 1. The number of hydrogen-bond donors (Lipinski definition) is 2. The highest BCUT2D eigenvalue weighted by molar-refractivity contribution is 6.31.